The van der Waals surface area contributed by atoms with Gasteiger partial charge in [0.2, 0.25) is 15.9 Å². The van der Waals surface area contributed by atoms with Crippen molar-refractivity contribution in [2.24, 2.45) is 0 Å². The van der Waals surface area contributed by atoms with Crippen LogP contribution in [0.5, 0.6) is 0 Å². The van der Waals surface area contributed by atoms with Gasteiger partial charge in [-0.3, -0.25) is 9.59 Å². The number of hydrogen-bond donors (Lipinski definition) is 4. The fraction of sp³-hybridized carbons (Fsp3) is 0.571. The maximum Gasteiger partial charge on any atom is 0.490 e. The number of carboxylic acid groups (broad SMARTS) is 2. The second kappa shape index (κ2) is 13.4. The molecule has 0 saturated carbocycles. The fourth-order valence-corrected chi connectivity index (χ4v) is 4.83. The van der Waals surface area contributed by atoms with Crippen molar-refractivity contribution in [3.63, 3.8) is 0 Å². The monoisotopic (exact) mass is 511 g/mol. The summed E-state index contributed by atoms with van der Waals surface area (Å²) in [5, 5.41) is 21.7. The molecule has 0 unspecified atom stereocenters. The first-order valence-corrected chi connectivity index (χ1v) is 12.1. The average molecular weight is 512 g/mol. The zero-order valence-corrected chi connectivity index (χ0v) is 18.6. The minimum absolute atomic E-state index is 0.0549. The third kappa shape index (κ3) is 12.5. The molecular formula is C14H20F3N3O8S3. The summed E-state index contributed by atoms with van der Waals surface area (Å²) in [5.41, 5.74) is 0.232. The Labute approximate surface area is 182 Å². The summed E-state index contributed by atoms with van der Waals surface area (Å²) in [6, 6.07) is 0. The van der Waals surface area contributed by atoms with Crippen LogP contribution in [0.2, 0.25) is 0 Å². The molecule has 178 valence electrons. The number of nitrogens with one attached hydrogen (secondary N) is 2. The molecule has 11 nitrogen and oxygen atoms in total. The van der Waals surface area contributed by atoms with Gasteiger partial charge in [-0.1, -0.05) is 26.7 Å². The van der Waals surface area contributed by atoms with Crippen LogP contribution in [0.15, 0.2) is 9.42 Å². The molecule has 0 atom stereocenters. The van der Waals surface area contributed by atoms with E-state index in [9.17, 15) is 31.2 Å². The van der Waals surface area contributed by atoms with E-state index in [1.165, 1.54) is 35.4 Å². The summed E-state index contributed by atoms with van der Waals surface area (Å²) in [6.45, 7) is 2.96. The molecule has 0 saturated heterocycles. The summed E-state index contributed by atoms with van der Waals surface area (Å²) in [7, 11) is -1.01. The van der Waals surface area contributed by atoms with Crippen LogP contribution < -0.4 is 10.0 Å². The van der Waals surface area contributed by atoms with Crippen LogP contribution in [0, 0.1) is 13.8 Å². The van der Waals surface area contributed by atoms with E-state index >= 15 is 0 Å². The van der Waals surface area contributed by atoms with Gasteiger partial charge in [-0.15, -0.1) is 0 Å². The second-order valence-electron chi connectivity index (χ2n) is 5.42. The Bertz CT molecular complexity index is 839. The van der Waals surface area contributed by atoms with Crippen molar-refractivity contribution >= 4 is 49.5 Å². The highest BCUT2D eigenvalue weighted by molar-refractivity contribution is 8.76. The molecule has 4 N–H and O–H groups in total. The van der Waals surface area contributed by atoms with Crippen LogP contribution in [0.4, 0.5) is 13.2 Å². The molecule has 0 aliphatic rings. The number of nitrogens with zero attached hydrogens (tertiary/aromatic N) is 1. The zero-order chi connectivity index (χ0) is 24.2. The van der Waals surface area contributed by atoms with E-state index in [0.29, 0.717) is 18.1 Å². The standard InChI is InChI=1S/C12H19N3O6S3.C2HF3O2/c1-8-12(9(2)21-15-8)24(19,20)14-7-10(16)13-4-6-23-22-5-3-11(17)18;3-2(4,5)1(6)7/h14H,3-7H2,1-2H3,(H,13,16)(H,17,18);(H,6,7). The van der Waals surface area contributed by atoms with Gasteiger partial charge in [0.05, 0.1) is 13.0 Å². The molecule has 0 aromatic carbocycles. The molecule has 0 fully saturated rings. The zero-order valence-electron chi connectivity index (χ0n) is 16.2. The Hall–Kier alpha value is -1.98. The number of alkyl halides is 3. The van der Waals surface area contributed by atoms with Gasteiger partial charge in [0, 0.05) is 18.1 Å². The molecule has 1 aromatic rings. The number of carboxylic acids is 2. The van der Waals surface area contributed by atoms with Crippen LogP contribution >= 0.6 is 21.6 Å². The number of carbonyl (C=O) groups excluding carboxylic acids is 1. The third-order valence-electron chi connectivity index (χ3n) is 2.89. The largest absolute Gasteiger partial charge is 0.490 e. The molecular weight excluding hydrogens is 491 g/mol. The van der Waals surface area contributed by atoms with Gasteiger partial charge in [-0.05, 0) is 13.8 Å². The molecule has 0 aliphatic heterocycles. The van der Waals surface area contributed by atoms with Crippen molar-refractivity contribution in [1.29, 1.82) is 0 Å². The van der Waals surface area contributed by atoms with E-state index < -0.39 is 34.0 Å². The van der Waals surface area contributed by atoms with Gasteiger partial charge in [-0.2, -0.15) is 13.2 Å². The number of sulfonamides is 1. The van der Waals surface area contributed by atoms with Crippen molar-refractivity contribution in [2.75, 3.05) is 24.6 Å². The van der Waals surface area contributed by atoms with E-state index in [0.717, 1.165) is 0 Å². The number of aryl methyl sites for hydroxylation is 2. The van der Waals surface area contributed by atoms with Gasteiger partial charge >= 0.3 is 18.1 Å². The maximum atomic E-state index is 12.1. The highest BCUT2D eigenvalue weighted by atomic mass is 33.1. The number of carbonyl (C=O) groups is 3. The lowest BCUT2D eigenvalue weighted by Crippen LogP contribution is -2.37. The second-order valence-corrected chi connectivity index (χ2v) is 9.82. The van der Waals surface area contributed by atoms with Gasteiger partial charge in [0.1, 0.15) is 10.6 Å². The van der Waals surface area contributed by atoms with E-state index in [1.54, 1.807) is 0 Å². The summed E-state index contributed by atoms with van der Waals surface area (Å²) in [4.78, 5) is 30.8. The Kier molecular flexibility index (Phi) is 12.6. The third-order valence-corrected chi connectivity index (χ3v) is 6.94. The first kappa shape index (κ1) is 29.0. The van der Waals surface area contributed by atoms with Crippen LogP contribution in [0.3, 0.4) is 0 Å². The molecule has 17 heteroatoms. The van der Waals surface area contributed by atoms with Gasteiger partial charge in [0.25, 0.3) is 0 Å². The number of halogens is 3. The fourth-order valence-electron chi connectivity index (χ4n) is 1.63. The lowest BCUT2D eigenvalue weighted by atomic mass is 10.4. The molecule has 1 aromatic heterocycles. The molecule has 0 bridgehead atoms. The molecule has 0 radical (unpaired) electrons. The predicted octanol–water partition coefficient (Wildman–Crippen LogP) is 1.18. The van der Waals surface area contributed by atoms with E-state index in [1.807, 2.05) is 0 Å². The van der Waals surface area contributed by atoms with Crippen molar-refractivity contribution < 1.29 is 50.7 Å². The first-order chi connectivity index (χ1) is 14.2. The average Bonchev–Trinajstić information content (AvgIpc) is 2.98. The van der Waals surface area contributed by atoms with Crippen LogP contribution in [0.1, 0.15) is 17.9 Å². The number of aromatic nitrogens is 1. The van der Waals surface area contributed by atoms with E-state index in [4.69, 9.17) is 19.5 Å². The van der Waals surface area contributed by atoms with Crippen LogP contribution in [-0.4, -0.2) is 72.4 Å². The summed E-state index contributed by atoms with van der Waals surface area (Å²) < 4.78 is 62.9. The summed E-state index contributed by atoms with van der Waals surface area (Å²) >= 11 is 0. The number of aliphatic carboxylic acids is 2. The van der Waals surface area contributed by atoms with Crippen molar-refractivity contribution in [3.8, 4) is 0 Å². The maximum absolute atomic E-state index is 12.1. The van der Waals surface area contributed by atoms with Gasteiger partial charge in [0.15, 0.2) is 5.76 Å². The van der Waals surface area contributed by atoms with Gasteiger partial charge in [-0.25, -0.2) is 17.9 Å². The smallest absolute Gasteiger partial charge is 0.481 e. The minimum atomic E-state index is -5.08. The SMILES string of the molecule is Cc1noc(C)c1S(=O)(=O)NCC(=O)NCCSSCCC(=O)O.O=C(O)C(F)(F)F. The summed E-state index contributed by atoms with van der Waals surface area (Å²) in [5.74, 6) is -2.82. The Morgan fingerprint density at radius 1 is 1.13 bits per heavy atom. The number of rotatable bonds is 11. The van der Waals surface area contributed by atoms with Crippen LogP contribution in [0.25, 0.3) is 0 Å². The molecule has 1 amide bonds. The summed E-state index contributed by atoms with van der Waals surface area (Å²) in [6.07, 6.45) is -4.99. The minimum Gasteiger partial charge on any atom is -0.481 e. The quantitative estimate of drug-likeness (QED) is 0.248. The highest BCUT2D eigenvalue weighted by Gasteiger charge is 2.38. The van der Waals surface area contributed by atoms with Crippen molar-refractivity contribution in [1.82, 2.24) is 15.2 Å². The predicted molar refractivity (Wildman–Crippen MR) is 105 cm³/mol. The molecule has 0 spiro atoms. The van der Waals surface area contributed by atoms with E-state index in [-0.39, 0.29) is 29.3 Å². The Morgan fingerprint density at radius 3 is 2.13 bits per heavy atom. The lowest BCUT2D eigenvalue weighted by molar-refractivity contribution is -0.192. The van der Waals surface area contributed by atoms with Crippen molar-refractivity contribution in [2.45, 2.75) is 31.3 Å². The normalized spacial score (nSPS) is 11.4. The van der Waals surface area contributed by atoms with E-state index in [2.05, 4.69) is 15.2 Å². The molecule has 1 rings (SSSR count). The number of hydrogen-bond acceptors (Lipinski definition) is 9. The number of amides is 1. The Balaban J connectivity index is 0.00000110. The Morgan fingerprint density at radius 2 is 1.68 bits per heavy atom. The topological polar surface area (TPSA) is 176 Å². The molecule has 1 heterocycles. The molecule has 0 aliphatic carbocycles. The van der Waals surface area contributed by atoms with Crippen molar-refractivity contribution in [3.05, 3.63) is 11.5 Å². The molecule has 31 heavy (non-hydrogen) atoms. The van der Waals surface area contributed by atoms with Gasteiger partial charge < -0.3 is 20.1 Å². The lowest BCUT2D eigenvalue weighted by Gasteiger charge is -2.07. The highest BCUT2D eigenvalue weighted by Crippen LogP contribution is 2.21. The first-order valence-electron chi connectivity index (χ1n) is 8.14. The van der Waals surface area contributed by atoms with Crippen LogP contribution in [-0.2, 0) is 24.4 Å².